The smallest absolute Gasteiger partial charge is 0.230 e. The van der Waals surface area contributed by atoms with Crippen molar-refractivity contribution >= 4 is 11.8 Å². The molecule has 1 aromatic carbocycles. The number of benzene rings is 1. The van der Waals surface area contributed by atoms with E-state index < -0.39 is 17.0 Å². The number of likely N-dealkylation sites (tertiary alicyclic amines) is 2. The molecule has 2 aliphatic heterocycles. The Balaban J connectivity index is 1.68. The fourth-order valence-corrected chi connectivity index (χ4v) is 4.21. The number of rotatable bonds is 5. The molecule has 2 saturated heterocycles. The minimum Gasteiger partial charge on any atom is -0.342 e. The molecule has 1 atom stereocenters. The van der Waals surface area contributed by atoms with E-state index in [9.17, 15) is 18.4 Å². The molecule has 4 nitrogen and oxygen atoms in total. The van der Waals surface area contributed by atoms with E-state index in [2.05, 4.69) is 13.8 Å². The predicted molar refractivity (Wildman–Crippen MR) is 98.7 cm³/mol. The molecule has 0 saturated carbocycles. The summed E-state index contributed by atoms with van der Waals surface area (Å²) in [5.41, 5.74) is -0.363. The Morgan fingerprint density at radius 1 is 1.22 bits per heavy atom. The lowest BCUT2D eigenvalue weighted by atomic mass is 9.78. The number of halogens is 2. The Hall–Kier alpha value is -1.98. The first-order chi connectivity index (χ1) is 12.8. The molecule has 0 aliphatic carbocycles. The van der Waals surface area contributed by atoms with Gasteiger partial charge in [-0.1, -0.05) is 26.0 Å². The van der Waals surface area contributed by atoms with Gasteiger partial charge in [-0.2, -0.15) is 0 Å². The van der Waals surface area contributed by atoms with Crippen molar-refractivity contribution in [3.8, 4) is 0 Å². The lowest BCUT2D eigenvalue weighted by Gasteiger charge is -2.39. The third kappa shape index (κ3) is 4.14. The van der Waals surface area contributed by atoms with Gasteiger partial charge in [0.25, 0.3) is 0 Å². The van der Waals surface area contributed by atoms with Gasteiger partial charge in [-0.25, -0.2) is 8.78 Å². The van der Waals surface area contributed by atoms with Crippen LogP contribution >= 0.6 is 0 Å². The van der Waals surface area contributed by atoms with Crippen molar-refractivity contribution in [3.63, 3.8) is 0 Å². The topological polar surface area (TPSA) is 40.6 Å². The summed E-state index contributed by atoms with van der Waals surface area (Å²) >= 11 is 0. The van der Waals surface area contributed by atoms with Gasteiger partial charge in [0.15, 0.2) is 11.6 Å². The summed E-state index contributed by atoms with van der Waals surface area (Å²) < 4.78 is 27.5. The Morgan fingerprint density at radius 2 is 2.00 bits per heavy atom. The fourth-order valence-electron chi connectivity index (χ4n) is 4.21. The Bertz CT molecular complexity index is 722. The van der Waals surface area contributed by atoms with E-state index in [0.29, 0.717) is 38.4 Å². The molecule has 6 heteroatoms. The zero-order valence-corrected chi connectivity index (χ0v) is 16.1. The van der Waals surface area contributed by atoms with Crippen molar-refractivity contribution in [2.24, 2.45) is 11.3 Å². The molecule has 2 heterocycles. The van der Waals surface area contributed by atoms with E-state index in [-0.39, 0.29) is 23.9 Å². The zero-order chi connectivity index (χ0) is 19.6. The van der Waals surface area contributed by atoms with Crippen LogP contribution in [-0.2, 0) is 16.1 Å². The van der Waals surface area contributed by atoms with E-state index in [1.807, 2.05) is 4.90 Å². The first-order valence-corrected chi connectivity index (χ1v) is 9.82. The van der Waals surface area contributed by atoms with Gasteiger partial charge >= 0.3 is 0 Å². The lowest BCUT2D eigenvalue weighted by Crippen LogP contribution is -2.50. The van der Waals surface area contributed by atoms with Crippen LogP contribution in [0.3, 0.4) is 0 Å². The zero-order valence-electron chi connectivity index (χ0n) is 16.1. The van der Waals surface area contributed by atoms with Crippen LogP contribution in [-0.4, -0.2) is 41.2 Å². The van der Waals surface area contributed by atoms with Crippen molar-refractivity contribution in [2.75, 3.05) is 19.6 Å². The van der Waals surface area contributed by atoms with Crippen molar-refractivity contribution in [3.05, 3.63) is 35.4 Å². The summed E-state index contributed by atoms with van der Waals surface area (Å²) in [6, 6.07) is 4.06. The molecule has 2 amide bonds. The number of hydrogen-bond acceptors (Lipinski definition) is 2. The van der Waals surface area contributed by atoms with Gasteiger partial charge in [0.2, 0.25) is 11.8 Å². The quantitative estimate of drug-likeness (QED) is 0.783. The molecule has 0 unspecified atom stereocenters. The maximum Gasteiger partial charge on any atom is 0.230 e. The van der Waals surface area contributed by atoms with Crippen LogP contribution in [0.5, 0.6) is 0 Å². The van der Waals surface area contributed by atoms with Crippen LogP contribution in [0.25, 0.3) is 0 Å². The molecular formula is C21H28F2N2O2. The second-order valence-electron chi connectivity index (χ2n) is 8.32. The fraction of sp³-hybridized carbons (Fsp3) is 0.619. The molecular weight excluding hydrogens is 350 g/mol. The average Bonchev–Trinajstić information content (AvgIpc) is 3.06. The van der Waals surface area contributed by atoms with Gasteiger partial charge in [-0.15, -0.1) is 0 Å². The van der Waals surface area contributed by atoms with Gasteiger partial charge in [-0.3, -0.25) is 9.59 Å². The van der Waals surface area contributed by atoms with E-state index in [4.69, 9.17) is 0 Å². The maximum absolute atomic E-state index is 14.0. The minimum absolute atomic E-state index is 0.0310. The third-order valence-electron chi connectivity index (χ3n) is 5.86. The molecule has 0 bridgehead atoms. The summed E-state index contributed by atoms with van der Waals surface area (Å²) in [6.45, 7) is 5.85. The average molecular weight is 378 g/mol. The number of amides is 2. The van der Waals surface area contributed by atoms with Crippen LogP contribution in [0.2, 0.25) is 0 Å². The number of carbonyl (C=O) groups is 2. The third-order valence-corrected chi connectivity index (χ3v) is 5.86. The monoisotopic (exact) mass is 378 g/mol. The van der Waals surface area contributed by atoms with Crippen LogP contribution in [0.4, 0.5) is 8.78 Å². The number of nitrogens with zero attached hydrogens (tertiary/aromatic N) is 2. The maximum atomic E-state index is 14.0. The molecule has 1 aromatic rings. The van der Waals surface area contributed by atoms with Crippen molar-refractivity contribution in [2.45, 2.75) is 52.5 Å². The first-order valence-electron chi connectivity index (χ1n) is 9.82. The summed E-state index contributed by atoms with van der Waals surface area (Å²) in [5.74, 6) is -1.23. The Kier molecular flexibility index (Phi) is 5.82. The van der Waals surface area contributed by atoms with E-state index in [1.165, 1.54) is 12.1 Å². The largest absolute Gasteiger partial charge is 0.342 e. The Labute approximate surface area is 159 Å². The summed E-state index contributed by atoms with van der Waals surface area (Å²) in [5, 5.41) is 0. The molecule has 2 fully saturated rings. The van der Waals surface area contributed by atoms with Crippen LogP contribution in [0, 0.1) is 23.0 Å². The molecule has 148 valence electrons. The lowest BCUT2D eigenvalue weighted by molar-refractivity contribution is -0.146. The first kappa shape index (κ1) is 19.8. The Morgan fingerprint density at radius 3 is 2.74 bits per heavy atom. The normalized spacial score (nSPS) is 22.9. The molecule has 0 N–H and O–H groups in total. The SMILES string of the molecule is CC(C)CCC(=O)N1CC[C@@]2(CCCN(Cc3cccc(F)c3F)C2=O)C1. The highest BCUT2D eigenvalue weighted by atomic mass is 19.2. The highest BCUT2D eigenvalue weighted by molar-refractivity contribution is 5.86. The summed E-state index contributed by atoms with van der Waals surface area (Å²) in [6.07, 6.45) is 3.58. The molecule has 0 radical (unpaired) electrons. The van der Waals surface area contributed by atoms with E-state index >= 15 is 0 Å². The van der Waals surface area contributed by atoms with Gasteiger partial charge in [0.05, 0.1) is 5.41 Å². The second-order valence-corrected chi connectivity index (χ2v) is 8.32. The van der Waals surface area contributed by atoms with Crippen molar-refractivity contribution in [1.29, 1.82) is 0 Å². The van der Waals surface area contributed by atoms with Gasteiger partial charge in [0, 0.05) is 38.2 Å². The van der Waals surface area contributed by atoms with E-state index in [1.54, 1.807) is 4.90 Å². The van der Waals surface area contributed by atoms with Crippen molar-refractivity contribution < 1.29 is 18.4 Å². The van der Waals surface area contributed by atoms with Gasteiger partial charge in [0.1, 0.15) is 0 Å². The minimum atomic E-state index is -0.894. The second kappa shape index (κ2) is 7.95. The number of piperidine rings is 1. The van der Waals surface area contributed by atoms with Gasteiger partial charge < -0.3 is 9.80 Å². The van der Waals surface area contributed by atoms with Crippen LogP contribution in [0.1, 0.15) is 51.5 Å². The molecule has 0 aromatic heterocycles. The predicted octanol–water partition coefficient (Wildman–Crippen LogP) is 3.74. The molecule has 27 heavy (non-hydrogen) atoms. The molecule has 2 aliphatic rings. The summed E-state index contributed by atoms with van der Waals surface area (Å²) in [7, 11) is 0. The number of carbonyl (C=O) groups excluding carboxylic acids is 2. The van der Waals surface area contributed by atoms with Crippen LogP contribution in [0.15, 0.2) is 18.2 Å². The van der Waals surface area contributed by atoms with Crippen molar-refractivity contribution in [1.82, 2.24) is 9.80 Å². The standard InChI is InChI=1S/C21H28F2N2O2/c1-15(2)7-8-18(26)25-12-10-21(14-25)9-4-11-24(20(21)27)13-16-5-3-6-17(22)19(16)23/h3,5-6,15H,4,7-14H2,1-2H3/t21-/m0/s1. The highest BCUT2D eigenvalue weighted by Gasteiger charge is 2.49. The van der Waals surface area contributed by atoms with Gasteiger partial charge in [-0.05, 0) is 37.7 Å². The molecule has 1 spiro atoms. The van der Waals surface area contributed by atoms with Crippen LogP contribution < -0.4 is 0 Å². The highest BCUT2D eigenvalue weighted by Crippen LogP contribution is 2.41. The summed E-state index contributed by atoms with van der Waals surface area (Å²) in [4.78, 5) is 29.0. The number of hydrogen-bond donors (Lipinski definition) is 0. The molecule has 3 rings (SSSR count). The van der Waals surface area contributed by atoms with E-state index in [0.717, 1.165) is 25.3 Å².